The SMILES string of the molecule is CCCC(OC1CCCCC1)C(=O)NN1CCO[C@H]1c1ccc(C(=O)c2cccnc2)cc1. The number of nitrogens with one attached hydrogen (secondary N) is 1. The van der Waals surface area contributed by atoms with Gasteiger partial charge in [-0.15, -0.1) is 0 Å². The molecule has 2 aliphatic rings. The summed E-state index contributed by atoms with van der Waals surface area (Å²) >= 11 is 0. The quantitative estimate of drug-likeness (QED) is 0.576. The van der Waals surface area contributed by atoms with Gasteiger partial charge in [0.15, 0.2) is 12.0 Å². The van der Waals surface area contributed by atoms with Crippen LogP contribution in [0.1, 0.15) is 79.6 Å². The normalized spacial score (nSPS) is 20.5. The summed E-state index contributed by atoms with van der Waals surface area (Å²) in [7, 11) is 0. The van der Waals surface area contributed by atoms with E-state index in [0.717, 1.165) is 24.8 Å². The van der Waals surface area contributed by atoms with Crippen LogP contribution in [0, 0.1) is 0 Å². The second-order valence-electron chi connectivity index (χ2n) is 8.76. The molecule has 1 unspecified atom stereocenters. The number of hydrazine groups is 1. The first kappa shape index (κ1) is 23.5. The molecule has 1 aromatic heterocycles. The van der Waals surface area contributed by atoms with Gasteiger partial charge >= 0.3 is 0 Å². The minimum atomic E-state index is -0.446. The number of amides is 1. The Morgan fingerprint density at radius 1 is 1.15 bits per heavy atom. The van der Waals surface area contributed by atoms with Crippen LogP contribution in [0.5, 0.6) is 0 Å². The predicted molar refractivity (Wildman–Crippen MR) is 124 cm³/mol. The second kappa shape index (κ2) is 11.5. The van der Waals surface area contributed by atoms with E-state index < -0.39 is 12.3 Å². The van der Waals surface area contributed by atoms with Crippen molar-refractivity contribution in [2.45, 2.75) is 70.3 Å². The van der Waals surface area contributed by atoms with Crippen molar-refractivity contribution in [3.8, 4) is 0 Å². The molecule has 0 bridgehead atoms. The monoisotopic (exact) mass is 451 g/mol. The minimum absolute atomic E-state index is 0.0746. The van der Waals surface area contributed by atoms with Gasteiger partial charge in [0.2, 0.25) is 0 Å². The van der Waals surface area contributed by atoms with Gasteiger partial charge in [-0.25, -0.2) is 0 Å². The Balaban J connectivity index is 1.39. The lowest BCUT2D eigenvalue weighted by atomic mass is 9.97. The second-order valence-corrected chi connectivity index (χ2v) is 8.76. The number of aromatic nitrogens is 1. The van der Waals surface area contributed by atoms with Gasteiger partial charge < -0.3 is 9.47 Å². The Morgan fingerprint density at radius 3 is 2.64 bits per heavy atom. The number of hydrogen-bond acceptors (Lipinski definition) is 6. The van der Waals surface area contributed by atoms with Gasteiger partial charge in [0, 0.05) is 30.1 Å². The predicted octanol–water partition coefficient (Wildman–Crippen LogP) is 4.19. The zero-order valence-electron chi connectivity index (χ0n) is 19.2. The van der Waals surface area contributed by atoms with E-state index in [0.29, 0.717) is 30.7 Å². The summed E-state index contributed by atoms with van der Waals surface area (Å²) in [6.45, 7) is 3.18. The summed E-state index contributed by atoms with van der Waals surface area (Å²) in [5, 5.41) is 1.83. The van der Waals surface area contributed by atoms with E-state index in [1.165, 1.54) is 19.3 Å². The molecule has 1 aliphatic heterocycles. The van der Waals surface area contributed by atoms with Crippen LogP contribution < -0.4 is 5.43 Å². The third-order valence-corrected chi connectivity index (χ3v) is 6.28. The number of carbonyl (C=O) groups is 2. The first-order valence-electron chi connectivity index (χ1n) is 12.0. The van der Waals surface area contributed by atoms with Crippen LogP contribution in [0.3, 0.4) is 0 Å². The summed E-state index contributed by atoms with van der Waals surface area (Å²) in [6.07, 6.45) is 9.80. The highest BCUT2D eigenvalue weighted by molar-refractivity contribution is 6.08. The average molecular weight is 452 g/mol. The molecule has 2 atom stereocenters. The van der Waals surface area contributed by atoms with E-state index in [9.17, 15) is 9.59 Å². The number of pyridine rings is 1. The molecule has 1 aromatic carbocycles. The van der Waals surface area contributed by atoms with Gasteiger partial charge in [0.05, 0.1) is 12.7 Å². The first-order valence-corrected chi connectivity index (χ1v) is 12.0. The van der Waals surface area contributed by atoms with Crippen molar-refractivity contribution in [3.05, 3.63) is 65.5 Å². The molecule has 1 N–H and O–H groups in total. The number of benzene rings is 1. The molecule has 176 valence electrons. The maximum atomic E-state index is 13.1. The highest BCUT2D eigenvalue weighted by Gasteiger charge is 2.32. The summed E-state index contributed by atoms with van der Waals surface area (Å²) in [5.41, 5.74) is 5.06. The van der Waals surface area contributed by atoms with Crippen molar-refractivity contribution in [1.82, 2.24) is 15.4 Å². The lowest BCUT2D eigenvalue weighted by Crippen LogP contribution is -2.48. The molecule has 7 heteroatoms. The number of ketones is 1. The molecule has 0 spiro atoms. The maximum absolute atomic E-state index is 13.1. The Morgan fingerprint density at radius 2 is 1.94 bits per heavy atom. The third-order valence-electron chi connectivity index (χ3n) is 6.28. The van der Waals surface area contributed by atoms with Crippen LogP contribution in [-0.2, 0) is 14.3 Å². The van der Waals surface area contributed by atoms with Gasteiger partial charge in [0.25, 0.3) is 5.91 Å². The van der Waals surface area contributed by atoms with E-state index in [1.807, 2.05) is 17.1 Å². The highest BCUT2D eigenvalue weighted by Crippen LogP contribution is 2.27. The molecule has 2 aromatic rings. The fourth-order valence-corrected chi connectivity index (χ4v) is 4.49. The Kier molecular flexibility index (Phi) is 8.20. The highest BCUT2D eigenvalue weighted by atomic mass is 16.5. The molecular weight excluding hydrogens is 418 g/mol. The molecule has 33 heavy (non-hydrogen) atoms. The number of nitrogens with zero attached hydrogens (tertiary/aromatic N) is 2. The standard InChI is InChI=1S/C26H33N3O4/c1-2-7-23(33-22-9-4-3-5-10-22)25(31)28-29-16-17-32-26(29)20-13-11-19(12-14-20)24(30)21-8-6-15-27-18-21/h6,8,11-15,18,22-23,26H,2-5,7,9-10,16-17H2,1H3,(H,28,31)/t23?,26-/m0/s1. The van der Waals surface area contributed by atoms with Crippen LogP contribution in [-0.4, -0.2) is 47.0 Å². The lowest BCUT2D eigenvalue weighted by molar-refractivity contribution is -0.146. The number of ether oxygens (including phenoxy) is 2. The van der Waals surface area contributed by atoms with Crippen molar-refractivity contribution in [3.63, 3.8) is 0 Å². The molecule has 1 amide bonds. The molecular formula is C26H33N3O4. The van der Waals surface area contributed by atoms with Crippen molar-refractivity contribution < 1.29 is 19.1 Å². The van der Waals surface area contributed by atoms with Gasteiger partial charge in [-0.1, -0.05) is 56.9 Å². The smallest absolute Gasteiger partial charge is 0.263 e. The summed E-state index contributed by atoms with van der Waals surface area (Å²) in [4.78, 5) is 29.7. The van der Waals surface area contributed by atoms with Gasteiger partial charge in [-0.05, 0) is 37.0 Å². The molecule has 7 nitrogen and oxygen atoms in total. The van der Waals surface area contributed by atoms with Crippen LogP contribution >= 0.6 is 0 Å². The van der Waals surface area contributed by atoms with Gasteiger partial charge in [-0.3, -0.25) is 20.0 Å². The lowest BCUT2D eigenvalue weighted by Gasteiger charge is -2.29. The Hall–Kier alpha value is -2.61. The summed E-state index contributed by atoms with van der Waals surface area (Å²) in [6, 6.07) is 10.8. The zero-order chi connectivity index (χ0) is 23.0. The molecule has 4 rings (SSSR count). The van der Waals surface area contributed by atoms with Crippen LogP contribution in [0.25, 0.3) is 0 Å². The largest absolute Gasteiger partial charge is 0.365 e. The minimum Gasteiger partial charge on any atom is -0.365 e. The van der Waals surface area contributed by atoms with Crippen molar-refractivity contribution >= 4 is 11.7 Å². The fraction of sp³-hybridized carbons (Fsp3) is 0.500. The summed E-state index contributed by atoms with van der Waals surface area (Å²) < 4.78 is 12.1. The molecule has 1 saturated carbocycles. The number of carbonyl (C=O) groups excluding carboxylic acids is 2. The average Bonchev–Trinajstić information content (AvgIpc) is 3.32. The number of rotatable bonds is 9. The maximum Gasteiger partial charge on any atom is 0.263 e. The molecule has 2 heterocycles. The third kappa shape index (κ3) is 6.05. The Bertz CT molecular complexity index is 913. The summed E-state index contributed by atoms with van der Waals surface area (Å²) in [5.74, 6) is -0.185. The molecule has 0 radical (unpaired) electrons. The fourth-order valence-electron chi connectivity index (χ4n) is 4.49. The van der Waals surface area contributed by atoms with Crippen LogP contribution in [0.2, 0.25) is 0 Å². The van der Waals surface area contributed by atoms with Crippen molar-refractivity contribution in [2.75, 3.05) is 13.2 Å². The van der Waals surface area contributed by atoms with Crippen LogP contribution in [0.15, 0.2) is 48.8 Å². The van der Waals surface area contributed by atoms with Gasteiger partial charge in [-0.2, -0.15) is 5.01 Å². The van der Waals surface area contributed by atoms with E-state index in [4.69, 9.17) is 9.47 Å². The van der Waals surface area contributed by atoms with E-state index in [1.54, 1.807) is 36.7 Å². The number of hydrogen-bond donors (Lipinski definition) is 1. The molecule has 1 saturated heterocycles. The van der Waals surface area contributed by atoms with E-state index in [2.05, 4.69) is 17.3 Å². The Labute approximate surface area is 195 Å². The topological polar surface area (TPSA) is 80.8 Å². The van der Waals surface area contributed by atoms with Crippen molar-refractivity contribution in [2.24, 2.45) is 0 Å². The zero-order valence-corrected chi connectivity index (χ0v) is 19.2. The molecule has 1 aliphatic carbocycles. The molecule has 2 fully saturated rings. The van der Waals surface area contributed by atoms with E-state index >= 15 is 0 Å². The van der Waals surface area contributed by atoms with E-state index in [-0.39, 0.29) is 17.8 Å². The first-order chi connectivity index (χ1) is 16.2. The van der Waals surface area contributed by atoms with Crippen molar-refractivity contribution in [1.29, 1.82) is 0 Å². The van der Waals surface area contributed by atoms with Gasteiger partial charge in [0.1, 0.15) is 6.10 Å². The van der Waals surface area contributed by atoms with Crippen LogP contribution in [0.4, 0.5) is 0 Å².